The van der Waals surface area contributed by atoms with Gasteiger partial charge in [0, 0.05) is 45.1 Å². The number of imidazole rings is 1. The lowest BCUT2D eigenvalue weighted by atomic mass is 9.99. The lowest BCUT2D eigenvalue weighted by molar-refractivity contribution is -0.138. The average molecular weight is 433 g/mol. The van der Waals surface area contributed by atoms with Gasteiger partial charge >= 0.3 is 5.69 Å². The zero-order valence-electron chi connectivity index (χ0n) is 18.1. The number of rotatable bonds is 4. The van der Waals surface area contributed by atoms with E-state index in [2.05, 4.69) is 17.1 Å². The molecule has 1 fully saturated rings. The van der Waals surface area contributed by atoms with Gasteiger partial charge in [-0.25, -0.2) is 4.79 Å². The number of para-hydroxylation sites is 2. The van der Waals surface area contributed by atoms with Gasteiger partial charge < -0.3 is 14.8 Å². The van der Waals surface area contributed by atoms with Crippen molar-refractivity contribution in [2.24, 2.45) is 0 Å². The van der Waals surface area contributed by atoms with Gasteiger partial charge in [0.2, 0.25) is 11.8 Å². The van der Waals surface area contributed by atoms with Gasteiger partial charge in [-0.1, -0.05) is 36.4 Å². The van der Waals surface area contributed by atoms with Crippen molar-refractivity contribution in [1.82, 2.24) is 19.4 Å². The summed E-state index contributed by atoms with van der Waals surface area (Å²) in [5, 5.41) is 0. The number of likely N-dealkylation sites (tertiary alicyclic amines) is 1. The van der Waals surface area contributed by atoms with E-state index in [0.717, 1.165) is 36.8 Å². The molecule has 3 heterocycles. The minimum absolute atomic E-state index is 0.0282. The van der Waals surface area contributed by atoms with Crippen LogP contribution in [0.15, 0.2) is 53.3 Å². The number of hydrogen-bond donors (Lipinski definition) is 1. The summed E-state index contributed by atoms with van der Waals surface area (Å²) in [6, 6.07) is 16.0. The van der Waals surface area contributed by atoms with Crippen molar-refractivity contribution < 1.29 is 9.59 Å². The zero-order chi connectivity index (χ0) is 22.1. The van der Waals surface area contributed by atoms with Crippen LogP contribution in [0.2, 0.25) is 0 Å². The number of H-pyrrole nitrogens is 1. The van der Waals surface area contributed by atoms with Crippen molar-refractivity contribution in [2.75, 3.05) is 19.6 Å². The predicted octanol–water partition coefficient (Wildman–Crippen LogP) is 2.86. The summed E-state index contributed by atoms with van der Waals surface area (Å²) >= 11 is 0. The Labute approximate surface area is 186 Å². The molecule has 2 amide bonds. The number of carbonyl (C=O) groups is 2. The van der Waals surface area contributed by atoms with Crippen molar-refractivity contribution in [3.05, 3.63) is 70.1 Å². The molecule has 2 aromatic carbocycles. The third-order valence-corrected chi connectivity index (χ3v) is 6.84. The molecular formula is C25H28N4O3. The lowest BCUT2D eigenvalue weighted by Crippen LogP contribution is -2.41. The van der Waals surface area contributed by atoms with Gasteiger partial charge in [-0.2, -0.15) is 0 Å². The van der Waals surface area contributed by atoms with Crippen molar-refractivity contribution in [3.63, 3.8) is 0 Å². The van der Waals surface area contributed by atoms with Gasteiger partial charge in [0.1, 0.15) is 0 Å². The van der Waals surface area contributed by atoms with E-state index in [9.17, 15) is 14.4 Å². The van der Waals surface area contributed by atoms with Crippen molar-refractivity contribution in [2.45, 2.75) is 44.7 Å². The molecule has 166 valence electrons. The summed E-state index contributed by atoms with van der Waals surface area (Å²) in [5.74, 6) is 0.0774. The Kier molecular flexibility index (Phi) is 5.55. The average Bonchev–Trinajstić information content (AvgIpc) is 3.17. The Balaban J connectivity index is 1.14. The highest BCUT2D eigenvalue weighted by Crippen LogP contribution is 2.25. The van der Waals surface area contributed by atoms with E-state index >= 15 is 0 Å². The highest BCUT2D eigenvalue weighted by Gasteiger charge is 2.27. The quantitative estimate of drug-likeness (QED) is 0.689. The second-order valence-electron chi connectivity index (χ2n) is 8.76. The number of benzene rings is 2. The largest absolute Gasteiger partial charge is 0.343 e. The van der Waals surface area contributed by atoms with Crippen LogP contribution in [0.4, 0.5) is 0 Å². The van der Waals surface area contributed by atoms with E-state index < -0.39 is 0 Å². The number of nitrogens with one attached hydrogen (secondary N) is 1. The smallest absolute Gasteiger partial charge is 0.326 e. The van der Waals surface area contributed by atoms with Gasteiger partial charge in [-0.05, 0) is 42.5 Å². The fourth-order valence-electron chi connectivity index (χ4n) is 5.05. The minimum Gasteiger partial charge on any atom is -0.343 e. The molecule has 3 aromatic rings. The topological polar surface area (TPSA) is 78.4 Å². The fourth-order valence-corrected chi connectivity index (χ4v) is 5.05. The van der Waals surface area contributed by atoms with E-state index in [-0.39, 0.29) is 36.4 Å². The lowest BCUT2D eigenvalue weighted by Gasteiger charge is -2.33. The van der Waals surface area contributed by atoms with Crippen LogP contribution < -0.4 is 5.69 Å². The van der Waals surface area contributed by atoms with E-state index in [4.69, 9.17) is 0 Å². The molecule has 0 bridgehead atoms. The fraction of sp³-hybridized carbons (Fsp3) is 0.400. The molecule has 1 saturated heterocycles. The van der Waals surface area contributed by atoms with Gasteiger partial charge in [0.25, 0.3) is 0 Å². The van der Waals surface area contributed by atoms with E-state index in [0.29, 0.717) is 19.6 Å². The van der Waals surface area contributed by atoms with Crippen LogP contribution in [-0.4, -0.2) is 50.8 Å². The molecule has 1 N–H and O–H groups in total. The molecule has 0 unspecified atom stereocenters. The molecule has 7 nitrogen and oxygen atoms in total. The Bertz CT molecular complexity index is 1200. The van der Waals surface area contributed by atoms with Gasteiger partial charge in [-0.15, -0.1) is 0 Å². The number of aromatic nitrogens is 2. The molecule has 0 aliphatic carbocycles. The van der Waals surface area contributed by atoms with Crippen molar-refractivity contribution in [3.8, 4) is 0 Å². The summed E-state index contributed by atoms with van der Waals surface area (Å²) < 4.78 is 1.83. The molecule has 0 atom stereocenters. The minimum atomic E-state index is -0.0929. The first kappa shape index (κ1) is 20.5. The van der Waals surface area contributed by atoms with E-state index in [1.807, 2.05) is 50.8 Å². The third-order valence-electron chi connectivity index (χ3n) is 6.84. The van der Waals surface area contributed by atoms with Crippen LogP contribution in [-0.2, 0) is 22.6 Å². The number of nitrogens with zero attached hydrogens (tertiary/aromatic N) is 3. The first-order valence-corrected chi connectivity index (χ1v) is 11.4. The molecule has 2 aliphatic heterocycles. The molecule has 0 radical (unpaired) electrons. The Morgan fingerprint density at radius 1 is 0.844 bits per heavy atom. The van der Waals surface area contributed by atoms with Crippen LogP contribution in [0.3, 0.4) is 0 Å². The van der Waals surface area contributed by atoms with Crippen LogP contribution >= 0.6 is 0 Å². The summed E-state index contributed by atoms with van der Waals surface area (Å²) in [4.78, 5) is 44.5. The zero-order valence-corrected chi connectivity index (χ0v) is 18.1. The summed E-state index contributed by atoms with van der Waals surface area (Å²) in [6.45, 7) is 2.57. The number of amides is 2. The second kappa shape index (κ2) is 8.65. The van der Waals surface area contributed by atoms with Crippen molar-refractivity contribution in [1.29, 1.82) is 0 Å². The monoisotopic (exact) mass is 432 g/mol. The molecule has 0 spiro atoms. The van der Waals surface area contributed by atoms with Gasteiger partial charge in [-0.3, -0.25) is 14.2 Å². The molecular weight excluding hydrogens is 404 g/mol. The molecule has 2 aliphatic rings. The number of hydrogen-bond acceptors (Lipinski definition) is 3. The normalized spacial score (nSPS) is 16.9. The maximum atomic E-state index is 12.7. The first-order chi connectivity index (χ1) is 15.6. The van der Waals surface area contributed by atoms with Gasteiger partial charge in [0.05, 0.1) is 11.0 Å². The highest BCUT2D eigenvalue weighted by molar-refractivity contribution is 5.84. The predicted molar refractivity (Wildman–Crippen MR) is 122 cm³/mol. The number of carbonyl (C=O) groups excluding carboxylic acids is 2. The number of piperidine rings is 1. The summed E-state index contributed by atoms with van der Waals surface area (Å²) in [5.41, 5.74) is 4.17. The van der Waals surface area contributed by atoms with Crippen LogP contribution in [0, 0.1) is 0 Å². The SMILES string of the molecule is O=C(CCC(=O)N1CCc2ccccc2C1)N1CCC(n2c(=O)[nH]c3ccccc32)CC1. The Hall–Kier alpha value is -3.35. The van der Waals surface area contributed by atoms with E-state index in [1.54, 1.807) is 0 Å². The Morgan fingerprint density at radius 3 is 2.28 bits per heavy atom. The molecule has 32 heavy (non-hydrogen) atoms. The van der Waals surface area contributed by atoms with Gasteiger partial charge in [0.15, 0.2) is 0 Å². The van der Waals surface area contributed by atoms with Crippen LogP contribution in [0.5, 0.6) is 0 Å². The van der Waals surface area contributed by atoms with Crippen molar-refractivity contribution >= 4 is 22.8 Å². The molecule has 1 aromatic heterocycles. The van der Waals surface area contributed by atoms with E-state index in [1.165, 1.54) is 11.1 Å². The maximum Gasteiger partial charge on any atom is 0.326 e. The first-order valence-electron chi connectivity index (χ1n) is 11.4. The number of aromatic amines is 1. The standard InChI is InChI=1S/C25H28N4O3/c30-23(9-10-24(31)28-14-11-18-5-1-2-6-19(18)17-28)27-15-12-20(13-16-27)29-22-8-4-3-7-21(22)26-25(29)32/h1-8,20H,9-17H2,(H,26,32). The van der Waals surface area contributed by atoms with Crippen LogP contribution in [0.1, 0.15) is 42.9 Å². The highest BCUT2D eigenvalue weighted by atomic mass is 16.2. The molecule has 5 rings (SSSR count). The summed E-state index contributed by atoms with van der Waals surface area (Å²) in [6.07, 6.45) is 2.85. The van der Waals surface area contributed by atoms with Crippen LogP contribution in [0.25, 0.3) is 11.0 Å². The maximum absolute atomic E-state index is 12.7. The number of fused-ring (bicyclic) bond motifs is 2. The molecule has 7 heteroatoms. The second-order valence-corrected chi connectivity index (χ2v) is 8.76. The Morgan fingerprint density at radius 2 is 1.50 bits per heavy atom. The molecule has 0 saturated carbocycles. The third kappa shape index (κ3) is 3.95. The summed E-state index contributed by atoms with van der Waals surface area (Å²) in [7, 11) is 0.